The molecule has 0 aromatic carbocycles. The minimum atomic E-state index is 0.124. The Morgan fingerprint density at radius 3 is 2.93 bits per heavy atom. The number of hydrogen-bond acceptors (Lipinski definition) is 3. The first-order chi connectivity index (χ1) is 6.59. The molecule has 0 radical (unpaired) electrons. The summed E-state index contributed by atoms with van der Waals surface area (Å²) in [4.78, 5) is 3.45. The molecule has 1 atom stereocenters. The van der Waals surface area contributed by atoms with E-state index in [4.69, 9.17) is 5.73 Å². The Bertz CT molecular complexity index is 279. The van der Waals surface area contributed by atoms with Crippen LogP contribution in [0.1, 0.15) is 17.8 Å². The summed E-state index contributed by atoms with van der Waals surface area (Å²) in [5.41, 5.74) is 7.23. The lowest BCUT2D eigenvalue weighted by Gasteiger charge is -2.20. The van der Waals surface area contributed by atoms with Crippen LogP contribution in [0.15, 0.2) is 29.7 Å². The van der Waals surface area contributed by atoms with Crippen LogP contribution in [-0.4, -0.2) is 25.0 Å². The maximum atomic E-state index is 6.06. The Hall–Kier alpha value is -0.640. The molecule has 2 nitrogen and oxygen atoms in total. The average molecular weight is 210 g/mol. The Balaban J connectivity index is 2.41. The van der Waals surface area contributed by atoms with E-state index in [9.17, 15) is 0 Å². The number of thiophene rings is 1. The van der Waals surface area contributed by atoms with Crippen molar-refractivity contribution in [2.45, 2.75) is 13.0 Å². The van der Waals surface area contributed by atoms with Gasteiger partial charge >= 0.3 is 0 Å². The van der Waals surface area contributed by atoms with Crippen LogP contribution in [0.5, 0.6) is 0 Å². The predicted molar refractivity (Wildman–Crippen MR) is 63.6 cm³/mol. The van der Waals surface area contributed by atoms with Gasteiger partial charge in [0.25, 0.3) is 0 Å². The van der Waals surface area contributed by atoms with Crippen LogP contribution in [-0.2, 0) is 0 Å². The fourth-order valence-electron chi connectivity index (χ4n) is 1.45. The normalized spacial score (nSPS) is 13.1. The molecule has 0 aliphatic carbocycles. The SMILES string of the molecule is C=C(C)CN(C)CC(N)c1cccs1. The number of nitrogens with two attached hydrogens (primary N) is 1. The Morgan fingerprint density at radius 1 is 1.71 bits per heavy atom. The molecule has 0 saturated heterocycles. The van der Waals surface area contributed by atoms with Gasteiger partial charge in [0, 0.05) is 18.0 Å². The molecular formula is C11H18N2S. The Labute approximate surface area is 90.0 Å². The summed E-state index contributed by atoms with van der Waals surface area (Å²) in [5, 5.41) is 2.06. The average Bonchev–Trinajstić information content (AvgIpc) is 2.53. The zero-order chi connectivity index (χ0) is 10.6. The minimum Gasteiger partial charge on any atom is -0.322 e. The molecule has 0 amide bonds. The molecule has 2 N–H and O–H groups in total. The quantitative estimate of drug-likeness (QED) is 0.755. The molecule has 3 heteroatoms. The van der Waals surface area contributed by atoms with Crippen LogP contribution in [0.25, 0.3) is 0 Å². The van der Waals surface area contributed by atoms with Crippen molar-refractivity contribution in [3.8, 4) is 0 Å². The summed E-state index contributed by atoms with van der Waals surface area (Å²) >= 11 is 1.72. The van der Waals surface area contributed by atoms with E-state index in [2.05, 4.69) is 30.0 Å². The monoisotopic (exact) mass is 210 g/mol. The molecule has 0 aliphatic rings. The van der Waals surface area contributed by atoms with Crippen LogP contribution in [0.3, 0.4) is 0 Å². The highest BCUT2D eigenvalue weighted by Gasteiger charge is 2.09. The number of hydrogen-bond donors (Lipinski definition) is 1. The first kappa shape index (κ1) is 11.4. The van der Waals surface area contributed by atoms with Crippen molar-refractivity contribution in [3.05, 3.63) is 34.5 Å². The first-order valence-electron chi connectivity index (χ1n) is 4.71. The van der Waals surface area contributed by atoms with Crippen LogP contribution in [0.4, 0.5) is 0 Å². The van der Waals surface area contributed by atoms with Crippen LogP contribution in [0.2, 0.25) is 0 Å². The van der Waals surface area contributed by atoms with E-state index in [0.717, 1.165) is 13.1 Å². The topological polar surface area (TPSA) is 29.3 Å². The summed E-state index contributed by atoms with van der Waals surface area (Å²) in [6.45, 7) is 7.72. The van der Waals surface area contributed by atoms with Gasteiger partial charge in [-0.25, -0.2) is 0 Å². The van der Waals surface area contributed by atoms with E-state index >= 15 is 0 Å². The van der Waals surface area contributed by atoms with E-state index < -0.39 is 0 Å². The maximum absolute atomic E-state index is 6.06. The fourth-order valence-corrected chi connectivity index (χ4v) is 2.17. The van der Waals surface area contributed by atoms with Crippen LogP contribution < -0.4 is 5.73 Å². The van der Waals surface area contributed by atoms with Gasteiger partial charge in [-0.05, 0) is 25.4 Å². The van der Waals surface area contributed by atoms with Gasteiger partial charge in [-0.2, -0.15) is 0 Å². The van der Waals surface area contributed by atoms with Crippen LogP contribution in [0, 0.1) is 0 Å². The molecule has 1 rings (SSSR count). The third-order valence-electron chi connectivity index (χ3n) is 1.96. The molecule has 78 valence electrons. The molecule has 0 aliphatic heterocycles. The summed E-state index contributed by atoms with van der Waals surface area (Å²) < 4.78 is 0. The summed E-state index contributed by atoms with van der Waals surface area (Å²) in [5.74, 6) is 0. The van der Waals surface area contributed by atoms with Crippen molar-refractivity contribution in [3.63, 3.8) is 0 Å². The molecule has 0 saturated carbocycles. The van der Waals surface area contributed by atoms with E-state index in [1.165, 1.54) is 10.5 Å². The zero-order valence-electron chi connectivity index (χ0n) is 8.86. The third-order valence-corrected chi connectivity index (χ3v) is 2.96. The number of nitrogens with zero attached hydrogens (tertiary/aromatic N) is 1. The van der Waals surface area contributed by atoms with Gasteiger partial charge in [0.05, 0.1) is 6.04 Å². The molecule has 1 heterocycles. The highest BCUT2D eigenvalue weighted by molar-refractivity contribution is 7.10. The maximum Gasteiger partial charge on any atom is 0.0519 e. The minimum absolute atomic E-state index is 0.124. The second-order valence-corrected chi connectivity index (χ2v) is 4.76. The Kier molecular flexibility index (Phi) is 4.32. The molecule has 1 aromatic rings. The zero-order valence-corrected chi connectivity index (χ0v) is 9.68. The van der Waals surface area contributed by atoms with E-state index in [1.54, 1.807) is 11.3 Å². The highest BCUT2D eigenvalue weighted by Crippen LogP contribution is 2.17. The smallest absolute Gasteiger partial charge is 0.0519 e. The molecule has 1 aromatic heterocycles. The summed E-state index contributed by atoms with van der Waals surface area (Å²) in [7, 11) is 2.07. The summed E-state index contributed by atoms with van der Waals surface area (Å²) in [6, 6.07) is 4.25. The number of rotatable bonds is 5. The fraction of sp³-hybridized carbons (Fsp3) is 0.455. The summed E-state index contributed by atoms with van der Waals surface area (Å²) in [6.07, 6.45) is 0. The van der Waals surface area contributed by atoms with Crippen molar-refractivity contribution in [1.82, 2.24) is 4.90 Å². The van der Waals surface area contributed by atoms with E-state index in [0.29, 0.717) is 0 Å². The van der Waals surface area contributed by atoms with Crippen molar-refractivity contribution >= 4 is 11.3 Å². The van der Waals surface area contributed by atoms with Crippen molar-refractivity contribution in [2.75, 3.05) is 20.1 Å². The van der Waals surface area contributed by atoms with Gasteiger partial charge in [-0.1, -0.05) is 18.2 Å². The lowest BCUT2D eigenvalue weighted by atomic mass is 10.2. The highest BCUT2D eigenvalue weighted by atomic mass is 32.1. The second-order valence-electron chi connectivity index (χ2n) is 3.78. The van der Waals surface area contributed by atoms with E-state index in [-0.39, 0.29) is 6.04 Å². The molecule has 0 fully saturated rings. The van der Waals surface area contributed by atoms with Gasteiger partial charge in [-0.3, -0.25) is 0 Å². The van der Waals surface area contributed by atoms with Gasteiger partial charge in [0.15, 0.2) is 0 Å². The molecule has 14 heavy (non-hydrogen) atoms. The molecule has 1 unspecified atom stereocenters. The first-order valence-corrected chi connectivity index (χ1v) is 5.59. The van der Waals surface area contributed by atoms with Gasteiger partial charge in [-0.15, -0.1) is 11.3 Å². The lowest BCUT2D eigenvalue weighted by molar-refractivity contribution is 0.339. The van der Waals surface area contributed by atoms with Crippen LogP contribution >= 0.6 is 11.3 Å². The molecular weight excluding hydrogens is 192 g/mol. The lowest BCUT2D eigenvalue weighted by Crippen LogP contribution is -2.29. The largest absolute Gasteiger partial charge is 0.322 e. The standard InChI is InChI=1S/C11H18N2S/c1-9(2)7-13(3)8-10(12)11-5-4-6-14-11/h4-6,10H,1,7-8,12H2,2-3H3. The van der Waals surface area contributed by atoms with Gasteiger partial charge in [0.2, 0.25) is 0 Å². The van der Waals surface area contributed by atoms with Gasteiger partial charge in [0.1, 0.15) is 0 Å². The van der Waals surface area contributed by atoms with Crippen molar-refractivity contribution in [2.24, 2.45) is 5.73 Å². The van der Waals surface area contributed by atoms with Crippen molar-refractivity contribution < 1.29 is 0 Å². The Morgan fingerprint density at radius 2 is 2.43 bits per heavy atom. The number of likely N-dealkylation sites (N-methyl/N-ethyl adjacent to an activating group) is 1. The third kappa shape index (κ3) is 3.62. The second kappa shape index (κ2) is 5.29. The van der Waals surface area contributed by atoms with E-state index in [1.807, 2.05) is 13.0 Å². The predicted octanol–water partition coefficient (Wildman–Crippen LogP) is 2.26. The molecule has 0 spiro atoms. The van der Waals surface area contributed by atoms with Crippen molar-refractivity contribution in [1.29, 1.82) is 0 Å². The molecule has 0 bridgehead atoms. The van der Waals surface area contributed by atoms with Gasteiger partial charge < -0.3 is 10.6 Å².